The molecule has 2 aromatic heterocycles. The predicted octanol–water partition coefficient (Wildman–Crippen LogP) is 3.79. The number of benzene rings is 1. The molecule has 3 rings (SSSR count). The summed E-state index contributed by atoms with van der Waals surface area (Å²) >= 11 is 0. The first-order valence-corrected chi connectivity index (χ1v) is 9.38. The van der Waals surface area contributed by atoms with Crippen LogP contribution in [0.25, 0.3) is 10.9 Å². The second kappa shape index (κ2) is 8.21. The number of carbonyl (C=O) groups is 2. The van der Waals surface area contributed by atoms with Crippen LogP contribution in [-0.2, 0) is 16.1 Å². The van der Waals surface area contributed by atoms with Crippen LogP contribution < -0.4 is 10.6 Å². The average molecular weight is 379 g/mol. The standard InChI is InChI=1S/C21H25N5O2/c1-13(2)12-26-19(14(3)4)17(11-23-26)25-21(28)20(27)24-16-9-5-7-15-8-6-10-22-18(15)16/h5-11,13-14H,12H2,1-4H3,(H,24,27)(H,25,28). The molecule has 2 amide bonds. The van der Waals surface area contributed by atoms with Gasteiger partial charge in [-0.2, -0.15) is 5.10 Å². The van der Waals surface area contributed by atoms with Gasteiger partial charge >= 0.3 is 11.8 Å². The molecular formula is C21H25N5O2. The molecule has 0 saturated heterocycles. The number of nitrogens with zero attached hydrogens (tertiary/aromatic N) is 3. The molecule has 0 unspecified atom stereocenters. The highest BCUT2D eigenvalue weighted by Crippen LogP contribution is 2.25. The van der Waals surface area contributed by atoms with Crippen LogP contribution in [-0.4, -0.2) is 26.6 Å². The van der Waals surface area contributed by atoms with Crippen molar-refractivity contribution >= 4 is 34.1 Å². The van der Waals surface area contributed by atoms with Crippen LogP contribution in [0.5, 0.6) is 0 Å². The minimum atomic E-state index is -0.746. The maximum atomic E-state index is 12.5. The van der Waals surface area contributed by atoms with Crippen molar-refractivity contribution in [3.8, 4) is 0 Å². The monoisotopic (exact) mass is 379 g/mol. The first-order chi connectivity index (χ1) is 13.4. The second-order valence-corrected chi connectivity index (χ2v) is 7.46. The van der Waals surface area contributed by atoms with Gasteiger partial charge in [-0.3, -0.25) is 19.3 Å². The Hall–Kier alpha value is -3.22. The van der Waals surface area contributed by atoms with Gasteiger partial charge in [0.05, 0.1) is 28.8 Å². The fourth-order valence-corrected chi connectivity index (χ4v) is 3.15. The molecule has 0 aliphatic rings. The number of anilines is 2. The van der Waals surface area contributed by atoms with E-state index >= 15 is 0 Å². The molecule has 3 aromatic rings. The zero-order chi connectivity index (χ0) is 20.3. The number of hydrogen-bond donors (Lipinski definition) is 2. The topological polar surface area (TPSA) is 88.9 Å². The molecule has 0 saturated carbocycles. The van der Waals surface area contributed by atoms with Crippen molar-refractivity contribution in [3.63, 3.8) is 0 Å². The number of pyridine rings is 1. The van der Waals surface area contributed by atoms with Gasteiger partial charge in [0.1, 0.15) is 0 Å². The summed E-state index contributed by atoms with van der Waals surface area (Å²) in [6.45, 7) is 9.03. The van der Waals surface area contributed by atoms with Gasteiger partial charge in [0.15, 0.2) is 0 Å². The lowest BCUT2D eigenvalue weighted by molar-refractivity contribution is -0.132. The Labute approximate surface area is 164 Å². The molecule has 1 aromatic carbocycles. The van der Waals surface area contributed by atoms with E-state index in [0.29, 0.717) is 22.8 Å². The summed E-state index contributed by atoms with van der Waals surface area (Å²) in [6, 6.07) is 9.15. The highest BCUT2D eigenvalue weighted by molar-refractivity contribution is 6.44. The third kappa shape index (κ3) is 4.19. The molecule has 0 atom stereocenters. The van der Waals surface area contributed by atoms with Gasteiger partial charge in [-0.25, -0.2) is 0 Å². The number of fused-ring (bicyclic) bond motifs is 1. The van der Waals surface area contributed by atoms with Crippen LogP contribution in [0.15, 0.2) is 42.7 Å². The molecule has 146 valence electrons. The lowest BCUT2D eigenvalue weighted by Crippen LogP contribution is -2.29. The van der Waals surface area contributed by atoms with E-state index < -0.39 is 11.8 Å². The second-order valence-electron chi connectivity index (χ2n) is 7.46. The number of hydrogen-bond acceptors (Lipinski definition) is 4. The molecule has 0 spiro atoms. The first-order valence-electron chi connectivity index (χ1n) is 9.38. The summed E-state index contributed by atoms with van der Waals surface area (Å²) in [5.41, 5.74) is 2.60. The molecule has 7 heteroatoms. The van der Waals surface area contributed by atoms with E-state index in [0.717, 1.165) is 17.6 Å². The van der Waals surface area contributed by atoms with Crippen molar-refractivity contribution in [1.82, 2.24) is 14.8 Å². The van der Waals surface area contributed by atoms with Crippen LogP contribution in [0.3, 0.4) is 0 Å². The minimum Gasteiger partial charge on any atom is -0.316 e. The van der Waals surface area contributed by atoms with Gasteiger partial charge in [0.2, 0.25) is 0 Å². The van der Waals surface area contributed by atoms with Crippen molar-refractivity contribution in [2.45, 2.75) is 40.2 Å². The molecule has 0 fully saturated rings. The van der Waals surface area contributed by atoms with Crippen molar-refractivity contribution < 1.29 is 9.59 Å². The molecule has 2 heterocycles. The van der Waals surface area contributed by atoms with Gasteiger partial charge < -0.3 is 10.6 Å². The van der Waals surface area contributed by atoms with Crippen LogP contribution in [0.4, 0.5) is 11.4 Å². The fraction of sp³-hybridized carbons (Fsp3) is 0.333. The van der Waals surface area contributed by atoms with E-state index in [1.54, 1.807) is 18.5 Å². The van der Waals surface area contributed by atoms with Crippen LogP contribution in [0, 0.1) is 5.92 Å². The SMILES string of the molecule is CC(C)Cn1ncc(NC(=O)C(=O)Nc2cccc3cccnc23)c1C(C)C. The molecule has 0 radical (unpaired) electrons. The van der Waals surface area contributed by atoms with E-state index in [1.807, 2.05) is 42.8 Å². The van der Waals surface area contributed by atoms with Gasteiger partial charge in [-0.15, -0.1) is 0 Å². The van der Waals surface area contributed by atoms with Crippen molar-refractivity contribution in [3.05, 3.63) is 48.4 Å². The Bertz CT molecular complexity index is 1000. The van der Waals surface area contributed by atoms with Gasteiger partial charge in [0.25, 0.3) is 0 Å². The maximum absolute atomic E-state index is 12.5. The number of aromatic nitrogens is 3. The largest absolute Gasteiger partial charge is 0.316 e. The van der Waals surface area contributed by atoms with Gasteiger partial charge in [0, 0.05) is 18.1 Å². The third-order valence-electron chi connectivity index (χ3n) is 4.30. The zero-order valence-corrected chi connectivity index (χ0v) is 16.6. The van der Waals surface area contributed by atoms with Crippen molar-refractivity contribution in [2.24, 2.45) is 5.92 Å². The Morgan fingerprint density at radius 2 is 1.68 bits per heavy atom. The Morgan fingerprint density at radius 3 is 2.36 bits per heavy atom. The van der Waals surface area contributed by atoms with Gasteiger partial charge in [-0.05, 0) is 24.0 Å². The molecule has 0 aliphatic heterocycles. The summed E-state index contributed by atoms with van der Waals surface area (Å²) < 4.78 is 1.89. The molecular weight excluding hydrogens is 354 g/mol. The summed E-state index contributed by atoms with van der Waals surface area (Å²) in [6.07, 6.45) is 3.25. The van der Waals surface area contributed by atoms with Crippen LogP contribution in [0.2, 0.25) is 0 Å². The Balaban J connectivity index is 1.78. The highest BCUT2D eigenvalue weighted by atomic mass is 16.2. The van der Waals surface area contributed by atoms with Crippen molar-refractivity contribution in [1.29, 1.82) is 0 Å². The van der Waals surface area contributed by atoms with E-state index in [9.17, 15) is 9.59 Å². The molecule has 0 bridgehead atoms. The van der Waals surface area contributed by atoms with E-state index in [4.69, 9.17) is 0 Å². The fourth-order valence-electron chi connectivity index (χ4n) is 3.15. The smallest absolute Gasteiger partial charge is 0.314 e. The van der Waals surface area contributed by atoms with Crippen molar-refractivity contribution in [2.75, 3.05) is 10.6 Å². The maximum Gasteiger partial charge on any atom is 0.314 e. The molecule has 28 heavy (non-hydrogen) atoms. The summed E-state index contributed by atoms with van der Waals surface area (Å²) in [5, 5.41) is 10.6. The van der Waals surface area contributed by atoms with E-state index in [-0.39, 0.29) is 5.92 Å². The molecule has 2 N–H and O–H groups in total. The number of amides is 2. The highest BCUT2D eigenvalue weighted by Gasteiger charge is 2.21. The Morgan fingerprint density at radius 1 is 1.00 bits per heavy atom. The van der Waals surface area contributed by atoms with Crippen LogP contribution >= 0.6 is 0 Å². The minimum absolute atomic E-state index is 0.155. The lowest BCUT2D eigenvalue weighted by atomic mass is 10.1. The Kier molecular flexibility index (Phi) is 5.73. The quantitative estimate of drug-likeness (QED) is 0.660. The van der Waals surface area contributed by atoms with Gasteiger partial charge in [-0.1, -0.05) is 45.9 Å². The normalized spacial score (nSPS) is 11.2. The van der Waals surface area contributed by atoms with E-state index in [1.165, 1.54) is 0 Å². The number of nitrogens with one attached hydrogen (secondary N) is 2. The summed E-state index contributed by atoms with van der Waals surface area (Å²) in [7, 11) is 0. The average Bonchev–Trinajstić information content (AvgIpc) is 3.03. The summed E-state index contributed by atoms with van der Waals surface area (Å²) in [5.74, 6) is -0.909. The summed E-state index contributed by atoms with van der Waals surface area (Å²) in [4.78, 5) is 29.2. The number of rotatable bonds is 5. The third-order valence-corrected chi connectivity index (χ3v) is 4.30. The lowest BCUT2D eigenvalue weighted by Gasteiger charge is -2.15. The zero-order valence-electron chi connectivity index (χ0n) is 16.6. The molecule has 0 aliphatic carbocycles. The predicted molar refractivity (Wildman–Crippen MR) is 110 cm³/mol. The molecule has 7 nitrogen and oxygen atoms in total. The number of carbonyl (C=O) groups excluding carboxylic acids is 2. The van der Waals surface area contributed by atoms with E-state index in [2.05, 4.69) is 34.6 Å². The first kappa shape index (κ1) is 19.5. The van der Waals surface area contributed by atoms with Crippen LogP contribution in [0.1, 0.15) is 39.3 Å². The number of para-hydroxylation sites is 1.